The third kappa shape index (κ3) is 3.59. The molecule has 0 aromatic heterocycles. The summed E-state index contributed by atoms with van der Waals surface area (Å²) >= 11 is 0. The monoisotopic (exact) mass is 286 g/mol. The first-order valence-electron chi connectivity index (χ1n) is 6.84. The lowest BCUT2D eigenvalue weighted by molar-refractivity contribution is -0.134. The van der Waals surface area contributed by atoms with Crippen molar-refractivity contribution in [1.82, 2.24) is 4.90 Å². The summed E-state index contributed by atoms with van der Waals surface area (Å²) in [5, 5.41) is 9.01. The molecule has 1 amide bonds. The molecule has 1 saturated heterocycles. The van der Waals surface area contributed by atoms with Crippen molar-refractivity contribution in [3.05, 3.63) is 0 Å². The molecule has 0 spiro atoms. The van der Waals surface area contributed by atoms with Gasteiger partial charge < -0.3 is 16.4 Å². The minimum atomic E-state index is -0.452. The van der Waals surface area contributed by atoms with E-state index in [1.54, 1.807) is 4.90 Å². The van der Waals surface area contributed by atoms with E-state index in [4.69, 9.17) is 16.7 Å². The van der Waals surface area contributed by atoms with Crippen LogP contribution in [0.3, 0.4) is 0 Å². The van der Waals surface area contributed by atoms with Crippen LogP contribution >= 0.6 is 12.4 Å². The van der Waals surface area contributed by atoms with Crippen LogP contribution in [0.4, 0.5) is 0 Å². The molecule has 1 heterocycles. The molecular formula is C13H23ClN4O. The second kappa shape index (κ2) is 7.09. The van der Waals surface area contributed by atoms with Gasteiger partial charge in [0.15, 0.2) is 0 Å². The van der Waals surface area contributed by atoms with Crippen LogP contribution in [-0.4, -0.2) is 35.5 Å². The standard InChI is InChI=1S/C13H22N4O.ClH/c14-8-11-2-1-7-17(11)13(18)12(16)9-3-5-10(15)6-4-9;/h9-12H,1-7,15-16H2;1H/t9?,10?,11-,12-;/m0./s1. The quantitative estimate of drug-likeness (QED) is 0.783. The average molecular weight is 287 g/mol. The number of hydrogen-bond acceptors (Lipinski definition) is 4. The lowest BCUT2D eigenvalue weighted by Gasteiger charge is -2.32. The molecule has 0 bridgehead atoms. The lowest BCUT2D eigenvalue weighted by atomic mass is 9.81. The number of amides is 1. The molecule has 5 nitrogen and oxygen atoms in total. The van der Waals surface area contributed by atoms with Crippen LogP contribution < -0.4 is 11.5 Å². The van der Waals surface area contributed by atoms with E-state index in [1.165, 1.54) is 0 Å². The Bertz CT molecular complexity index is 349. The minimum Gasteiger partial charge on any atom is -0.328 e. The van der Waals surface area contributed by atoms with Crippen LogP contribution in [-0.2, 0) is 4.79 Å². The molecule has 0 unspecified atom stereocenters. The van der Waals surface area contributed by atoms with Crippen molar-refractivity contribution >= 4 is 18.3 Å². The second-order valence-corrected chi connectivity index (χ2v) is 5.52. The molecule has 2 fully saturated rings. The number of carbonyl (C=O) groups is 1. The maximum absolute atomic E-state index is 12.3. The first-order valence-corrected chi connectivity index (χ1v) is 6.84. The normalized spacial score (nSPS) is 32.3. The van der Waals surface area contributed by atoms with E-state index in [1.807, 2.05) is 0 Å². The Labute approximate surface area is 120 Å². The molecular weight excluding hydrogens is 264 g/mol. The van der Waals surface area contributed by atoms with E-state index >= 15 is 0 Å². The molecule has 1 aliphatic heterocycles. The van der Waals surface area contributed by atoms with Gasteiger partial charge in [0, 0.05) is 12.6 Å². The molecule has 1 saturated carbocycles. The van der Waals surface area contributed by atoms with Gasteiger partial charge in [-0.1, -0.05) is 0 Å². The largest absolute Gasteiger partial charge is 0.328 e. The van der Waals surface area contributed by atoms with Crippen molar-refractivity contribution in [2.75, 3.05) is 6.54 Å². The van der Waals surface area contributed by atoms with Crippen molar-refractivity contribution in [2.45, 2.75) is 56.7 Å². The zero-order valence-electron chi connectivity index (χ0n) is 11.1. The summed E-state index contributed by atoms with van der Waals surface area (Å²) in [5.74, 6) is 0.191. The van der Waals surface area contributed by atoms with Gasteiger partial charge >= 0.3 is 0 Å². The SMILES string of the molecule is Cl.N#C[C@@H]1CCCN1C(=O)[C@@H](N)C1CCC(N)CC1. The van der Waals surface area contributed by atoms with Gasteiger partial charge in [0.05, 0.1) is 12.1 Å². The van der Waals surface area contributed by atoms with Gasteiger partial charge in [-0.15, -0.1) is 12.4 Å². The van der Waals surface area contributed by atoms with Gasteiger partial charge in [0.2, 0.25) is 5.91 Å². The third-order valence-electron chi connectivity index (χ3n) is 4.29. The highest BCUT2D eigenvalue weighted by Crippen LogP contribution is 2.27. The molecule has 4 N–H and O–H groups in total. The second-order valence-electron chi connectivity index (χ2n) is 5.52. The Morgan fingerprint density at radius 2 is 1.89 bits per heavy atom. The van der Waals surface area contributed by atoms with E-state index in [-0.39, 0.29) is 36.3 Å². The minimum absolute atomic E-state index is 0. The van der Waals surface area contributed by atoms with E-state index in [0.29, 0.717) is 6.54 Å². The maximum atomic E-state index is 12.3. The summed E-state index contributed by atoms with van der Waals surface area (Å²) in [4.78, 5) is 14.0. The Balaban J connectivity index is 0.00000180. The zero-order chi connectivity index (χ0) is 13.1. The van der Waals surface area contributed by atoms with Gasteiger partial charge in [0.1, 0.15) is 6.04 Å². The van der Waals surface area contributed by atoms with Crippen molar-refractivity contribution in [3.8, 4) is 6.07 Å². The number of nitrogens with two attached hydrogens (primary N) is 2. The van der Waals surface area contributed by atoms with Gasteiger partial charge in [-0.25, -0.2) is 0 Å². The van der Waals surface area contributed by atoms with Crippen LogP contribution in [0.5, 0.6) is 0 Å². The van der Waals surface area contributed by atoms with E-state index < -0.39 is 6.04 Å². The highest BCUT2D eigenvalue weighted by atomic mass is 35.5. The molecule has 1 aliphatic carbocycles. The van der Waals surface area contributed by atoms with Crippen molar-refractivity contribution < 1.29 is 4.79 Å². The predicted octanol–water partition coefficient (Wildman–Crippen LogP) is 0.768. The van der Waals surface area contributed by atoms with E-state index in [2.05, 4.69) is 6.07 Å². The van der Waals surface area contributed by atoms with Crippen LogP contribution in [0.2, 0.25) is 0 Å². The highest BCUT2D eigenvalue weighted by Gasteiger charge is 2.35. The number of hydrogen-bond donors (Lipinski definition) is 2. The van der Waals surface area contributed by atoms with Crippen molar-refractivity contribution in [2.24, 2.45) is 17.4 Å². The summed E-state index contributed by atoms with van der Waals surface area (Å²) in [6, 6.07) is 1.73. The Morgan fingerprint density at radius 3 is 2.47 bits per heavy atom. The number of nitrogens with zero attached hydrogens (tertiary/aromatic N) is 2. The fraction of sp³-hybridized carbons (Fsp3) is 0.846. The molecule has 108 valence electrons. The highest BCUT2D eigenvalue weighted by molar-refractivity contribution is 5.85. The topological polar surface area (TPSA) is 96.1 Å². The first kappa shape index (κ1) is 16.2. The van der Waals surface area contributed by atoms with Gasteiger partial charge in [0.25, 0.3) is 0 Å². The molecule has 19 heavy (non-hydrogen) atoms. The lowest BCUT2D eigenvalue weighted by Crippen LogP contribution is -2.50. The summed E-state index contributed by atoms with van der Waals surface area (Å²) < 4.78 is 0. The number of likely N-dealkylation sites (tertiary alicyclic amines) is 1. The van der Waals surface area contributed by atoms with Gasteiger partial charge in [-0.3, -0.25) is 4.79 Å². The fourth-order valence-electron chi connectivity index (χ4n) is 3.06. The molecule has 0 aromatic carbocycles. The molecule has 2 rings (SSSR count). The smallest absolute Gasteiger partial charge is 0.240 e. The van der Waals surface area contributed by atoms with Crippen molar-refractivity contribution in [1.29, 1.82) is 5.26 Å². The summed E-state index contributed by atoms with van der Waals surface area (Å²) in [6.45, 7) is 0.678. The van der Waals surface area contributed by atoms with Gasteiger partial charge in [-0.2, -0.15) is 5.26 Å². The Kier molecular flexibility index (Phi) is 6.05. The number of nitriles is 1. The van der Waals surface area contributed by atoms with E-state index in [9.17, 15) is 4.79 Å². The van der Waals surface area contributed by atoms with Crippen LogP contribution in [0.1, 0.15) is 38.5 Å². The van der Waals surface area contributed by atoms with Crippen LogP contribution in [0, 0.1) is 17.2 Å². The van der Waals surface area contributed by atoms with Crippen LogP contribution in [0.25, 0.3) is 0 Å². The molecule has 0 aromatic rings. The first-order chi connectivity index (χ1) is 8.63. The number of rotatable bonds is 2. The molecule has 2 aliphatic rings. The fourth-order valence-corrected chi connectivity index (χ4v) is 3.06. The Morgan fingerprint density at radius 1 is 1.26 bits per heavy atom. The molecule has 6 heteroatoms. The molecule has 0 radical (unpaired) electrons. The summed E-state index contributed by atoms with van der Waals surface area (Å²) in [6.07, 6.45) is 5.45. The summed E-state index contributed by atoms with van der Waals surface area (Å²) in [7, 11) is 0. The van der Waals surface area contributed by atoms with E-state index in [0.717, 1.165) is 38.5 Å². The molecule has 2 atom stereocenters. The van der Waals surface area contributed by atoms with Crippen LogP contribution in [0.15, 0.2) is 0 Å². The Hall–Kier alpha value is -0.830. The average Bonchev–Trinajstić information content (AvgIpc) is 2.86. The van der Waals surface area contributed by atoms with Crippen molar-refractivity contribution in [3.63, 3.8) is 0 Å². The predicted molar refractivity (Wildman–Crippen MR) is 75.5 cm³/mol. The number of carbonyl (C=O) groups excluding carboxylic acids is 1. The zero-order valence-corrected chi connectivity index (χ0v) is 11.9. The third-order valence-corrected chi connectivity index (χ3v) is 4.29. The maximum Gasteiger partial charge on any atom is 0.240 e. The number of halogens is 1. The van der Waals surface area contributed by atoms with Gasteiger partial charge in [-0.05, 0) is 44.4 Å². The summed E-state index contributed by atoms with van der Waals surface area (Å²) in [5.41, 5.74) is 12.0.